The highest BCUT2D eigenvalue weighted by molar-refractivity contribution is 6.31. The standard InChI is InChI=1S/C7H7ClO.C7H6O2.C6H6O/c1-5-4-6(9)2-3-7(5)8;8-7(9)6-4-2-1-3-5-6;7-6-4-2-1-3-5-6/h2-4,9H,1H3;1-5H,(H,8,9);1-5,7H. The molecule has 0 unspecified atom stereocenters. The molecule has 0 fully saturated rings. The fourth-order valence-electron chi connectivity index (χ4n) is 1.64. The molecule has 0 aliphatic rings. The number of para-hydroxylation sites is 1. The van der Waals surface area contributed by atoms with E-state index in [0.717, 1.165) is 5.56 Å². The van der Waals surface area contributed by atoms with Crippen LogP contribution in [0.25, 0.3) is 0 Å². The van der Waals surface area contributed by atoms with Crippen molar-refractivity contribution in [1.82, 2.24) is 0 Å². The van der Waals surface area contributed by atoms with Crippen molar-refractivity contribution in [3.8, 4) is 11.5 Å². The topological polar surface area (TPSA) is 77.8 Å². The van der Waals surface area contributed by atoms with Gasteiger partial charge >= 0.3 is 5.97 Å². The molecule has 0 aliphatic carbocycles. The fourth-order valence-corrected chi connectivity index (χ4v) is 1.76. The van der Waals surface area contributed by atoms with Gasteiger partial charge in [-0.2, -0.15) is 0 Å². The molecule has 0 spiro atoms. The minimum absolute atomic E-state index is 0.261. The van der Waals surface area contributed by atoms with Gasteiger partial charge in [-0.05, 0) is 55.0 Å². The highest BCUT2D eigenvalue weighted by Gasteiger charge is 1.96. The van der Waals surface area contributed by atoms with Crippen molar-refractivity contribution in [2.45, 2.75) is 6.92 Å². The predicted octanol–water partition coefficient (Wildman–Crippen LogP) is 5.13. The van der Waals surface area contributed by atoms with Crippen LogP contribution in [-0.2, 0) is 0 Å². The van der Waals surface area contributed by atoms with Crippen LogP contribution >= 0.6 is 11.6 Å². The number of aryl methyl sites for hydroxylation is 1. The number of hydrogen-bond donors (Lipinski definition) is 3. The SMILES string of the molecule is Cc1cc(O)ccc1Cl.O=C(O)c1ccccc1.Oc1ccccc1. The predicted molar refractivity (Wildman–Crippen MR) is 99.4 cm³/mol. The molecule has 3 aromatic rings. The van der Waals surface area contributed by atoms with Crippen LogP contribution in [0.5, 0.6) is 11.5 Å². The zero-order chi connectivity index (χ0) is 18.7. The first-order valence-electron chi connectivity index (χ1n) is 7.37. The molecule has 5 heteroatoms. The lowest BCUT2D eigenvalue weighted by Gasteiger charge is -1.95. The van der Waals surface area contributed by atoms with Crippen LogP contribution in [0.2, 0.25) is 5.02 Å². The van der Waals surface area contributed by atoms with E-state index in [4.69, 9.17) is 26.9 Å². The van der Waals surface area contributed by atoms with Crippen LogP contribution < -0.4 is 0 Å². The van der Waals surface area contributed by atoms with E-state index in [1.54, 1.807) is 72.8 Å². The summed E-state index contributed by atoms with van der Waals surface area (Å²) in [7, 11) is 0. The second-order valence-electron chi connectivity index (χ2n) is 4.94. The average Bonchev–Trinajstić information content (AvgIpc) is 2.61. The van der Waals surface area contributed by atoms with E-state index in [1.807, 2.05) is 13.0 Å². The number of phenols is 2. The van der Waals surface area contributed by atoms with Crippen molar-refractivity contribution < 1.29 is 20.1 Å². The van der Waals surface area contributed by atoms with Gasteiger partial charge < -0.3 is 15.3 Å². The second kappa shape index (κ2) is 10.7. The number of aromatic hydroxyl groups is 2. The van der Waals surface area contributed by atoms with Gasteiger partial charge in [-0.15, -0.1) is 0 Å². The van der Waals surface area contributed by atoms with Gasteiger partial charge in [0.2, 0.25) is 0 Å². The highest BCUT2D eigenvalue weighted by atomic mass is 35.5. The van der Waals surface area contributed by atoms with Gasteiger partial charge in [0.25, 0.3) is 0 Å². The zero-order valence-electron chi connectivity index (χ0n) is 13.6. The summed E-state index contributed by atoms with van der Waals surface area (Å²) in [5.74, 6) is -0.296. The Morgan fingerprint density at radius 3 is 1.64 bits per heavy atom. The highest BCUT2D eigenvalue weighted by Crippen LogP contribution is 2.19. The molecule has 3 N–H and O–H groups in total. The normalized spacial score (nSPS) is 9.04. The number of benzene rings is 3. The number of carboxylic acids is 1. The molecule has 0 saturated heterocycles. The van der Waals surface area contributed by atoms with Gasteiger partial charge in [-0.25, -0.2) is 4.79 Å². The molecule has 3 rings (SSSR count). The minimum atomic E-state index is -0.879. The molecule has 130 valence electrons. The number of carbonyl (C=O) groups is 1. The smallest absolute Gasteiger partial charge is 0.335 e. The molecular weight excluding hydrogens is 340 g/mol. The first-order chi connectivity index (χ1) is 11.9. The number of rotatable bonds is 1. The molecule has 0 heterocycles. The van der Waals surface area contributed by atoms with Crippen LogP contribution in [0.1, 0.15) is 15.9 Å². The number of phenolic OH excluding ortho intramolecular Hbond substituents is 2. The van der Waals surface area contributed by atoms with E-state index in [9.17, 15) is 4.79 Å². The zero-order valence-corrected chi connectivity index (χ0v) is 14.4. The third-order valence-corrected chi connectivity index (χ3v) is 3.34. The summed E-state index contributed by atoms with van der Waals surface area (Å²) in [6.07, 6.45) is 0. The molecule has 0 aliphatic heterocycles. The Kier molecular flexibility index (Phi) is 8.61. The van der Waals surface area contributed by atoms with Crippen LogP contribution in [0.15, 0.2) is 78.9 Å². The number of carboxylic acid groups (broad SMARTS) is 1. The van der Waals surface area contributed by atoms with E-state index < -0.39 is 5.97 Å². The molecular formula is C20H19ClO4. The van der Waals surface area contributed by atoms with E-state index in [-0.39, 0.29) is 5.75 Å². The molecule has 0 amide bonds. The Labute approximate surface area is 151 Å². The van der Waals surface area contributed by atoms with Crippen LogP contribution in [0.4, 0.5) is 0 Å². The molecule has 4 nitrogen and oxygen atoms in total. The van der Waals surface area contributed by atoms with Gasteiger partial charge in [0, 0.05) is 5.02 Å². The molecule has 0 aromatic heterocycles. The van der Waals surface area contributed by atoms with E-state index in [2.05, 4.69) is 0 Å². The van der Waals surface area contributed by atoms with Crippen LogP contribution in [0.3, 0.4) is 0 Å². The summed E-state index contributed by atoms with van der Waals surface area (Å²) in [5.41, 5.74) is 1.23. The van der Waals surface area contributed by atoms with Crippen molar-refractivity contribution in [2.24, 2.45) is 0 Å². The van der Waals surface area contributed by atoms with Crippen molar-refractivity contribution in [2.75, 3.05) is 0 Å². The Balaban J connectivity index is 0.000000189. The van der Waals surface area contributed by atoms with Crippen molar-refractivity contribution >= 4 is 17.6 Å². The lowest BCUT2D eigenvalue weighted by atomic mass is 10.2. The van der Waals surface area contributed by atoms with Gasteiger partial charge in [0.1, 0.15) is 11.5 Å². The van der Waals surface area contributed by atoms with Crippen LogP contribution in [-0.4, -0.2) is 21.3 Å². The summed E-state index contributed by atoms with van der Waals surface area (Å²) in [6, 6.07) is 21.9. The molecule has 3 aromatic carbocycles. The Morgan fingerprint density at radius 2 is 1.32 bits per heavy atom. The van der Waals surface area contributed by atoms with Gasteiger partial charge in [-0.3, -0.25) is 0 Å². The minimum Gasteiger partial charge on any atom is -0.508 e. The van der Waals surface area contributed by atoms with Gasteiger partial charge in [-0.1, -0.05) is 48.0 Å². The lowest BCUT2D eigenvalue weighted by molar-refractivity contribution is 0.0697. The maximum Gasteiger partial charge on any atom is 0.335 e. The molecule has 0 radical (unpaired) electrons. The number of halogens is 1. The first-order valence-corrected chi connectivity index (χ1v) is 7.75. The monoisotopic (exact) mass is 358 g/mol. The molecule has 0 bridgehead atoms. The van der Waals surface area contributed by atoms with Crippen molar-refractivity contribution in [3.63, 3.8) is 0 Å². The summed E-state index contributed by atoms with van der Waals surface area (Å²) >= 11 is 5.67. The van der Waals surface area contributed by atoms with E-state index in [0.29, 0.717) is 16.3 Å². The Hall–Kier alpha value is -2.98. The largest absolute Gasteiger partial charge is 0.508 e. The molecule has 0 saturated carbocycles. The molecule has 0 atom stereocenters. The van der Waals surface area contributed by atoms with Crippen molar-refractivity contribution in [3.05, 3.63) is 95.0 Å². The maximum atomic E-state index is 10.2. The lowest BCUT2D eigenvalue weighted by Crippen LogP contribution is -1.93. The van der Waals surface area contributed by atoms with Gasteiger partial charge in [0.05, 0.1) is 5.56 Å². The number of hydrogen-bond acceptors (Lipinski definition) is 3. The van der Waals surface area contributed by atoms with Gasteiger partial charge in [0.15, 0.2) is 0 Å². The summed E-state index contributed by atoms with van der Waals surface area (Å²) in [5, 5.41) is 26.6. The first kappa shape index (κ1) is 20.1. The van der Waals surface area contributed by atoms with E-state index >= 15 is 0 Å². The number of aromatic carboxylic acids is 1. The average molecular weight is 359 g/mol. The Bertz CT molecular complexity index is 774. The quantitative estimate of drug-likeness (QED) is 0.563. The van der Waals surface area contributed by atoms with E-state index in [1.165, 1.54) is 0 Å². The third-order valence-electron chi connectivity index (χ3n) is 2.92. The molecule has 25 heavy (non-hydrogen) atoms. The van der Waals surface area contributed by atoms with Crippen LogP contribution in [0, 0.1) is 6.92 Å². The summed E-state index contributed by atoms with van der Waals surface area (Å²) < 4.78 is 0. The maximum absolute atomic E-state index is 10.2. The summed E-state index contributed by atoms with van der Waals surface area (Å²) in [4.78, 5) is 10.2. The third kappa shape index (κ3) is 8.44. The summed E-state index contributed by atoms with van der Waals surface area (Å²) in [6.45, 7) is 1.85. The Morgan fingerprint density at radius 1 is 0.800 bits per heavy atom. The van der Waals surface area contributed by atoms with Crippen molar-refractivity contribution in [1.29, 1.82) is 0 Å². The fraction of sp³-hybridized carbons (Fsp3) is 0.0500. The second-order valence-corrected chi connectivity index (χ2v) is 5.35.